The number of rotatable bonds is 9. The Bertz CT molecular complexity index is 1160. The largest absolute Gasteiger partial charge is 0.392 e. The molecule has 0 saturated carbocycles. The molecule has 0 bridgehead atoms. The van der Waals surface area contributed by atoms with Gasteiger partial charge >= 0.3 is 0 Å². The van der Waals surface area contributed by atoms with E-state index in [4.69, 9.17) is 23.7 Å². The third-order valence-corrected chi connectivity index (χ3v) is 12.0. The van der Waals surface area contributed by atoms with Crippen molar-refractivity contribution in [2.75, 3.05) is 6.61 Å². The molecular weight excluding hydrogens is 596 g/mol. The maximum Gasteiger partial charge on any atom is 0.111 e. The molecule has 8 heteroatoms. The molecular formula is C39H62O8. The van der Waals surface area contributed by atoms with Crippen LogP contribution in [0.1, 0.15) is 112 Å². The van der Waals surface area contributed by atoms with E-state index in [0.29, 0.717) is 25.2 Å². The number of ether oxygens (including phenoxy) is 5. The SMILES string of the molecule is C=C/C=C\CC[C@H]1O[C@H]2CC[C@@]3(C)O[C@H]4C(O)C[C@@]5(C)O[C@@H](CC/C=C(C)/C(C)=C/CO)C(C)CC5OC4CC3OC2CC[C@@]1(C)O. The highest BCUT2D eigenvalue weighted by Crippen LogP contribution is 2.49. The minimum absolute atomic E-state index is 0.0494. The molecule has 5 aliphatic rings. The summed E-state index contributed by atoms with van der Waals surface area (Å²) < 4.78 is 34.2. The first-order chi connectivity index (χ1) is 22.3. The zero-order valence-electron chi connectivity index (χ0n) is 29.7. The normalized spacial score (nSPS) is 46.3. The lowest BCUT2D eigenvalue weighted by molar-refractivity contribution is -0.273. The van der Waals surface area contributed by atoms with E-state index in [2.05, 4.69) is 46.4 Å². The molecule has 0 aromatic heterocycles. The Morgan fingerprint density at radius 2 is 1.53 bits per heavy atom. The Kier molecular flexibility index (Phi) is 12.0. The maximum atomic E-state index is 11.7. The Morgan fingerprint density at radius 3 is 2.28 bits per heavy atom. The second-order valence-corrected chi connectivity index (χ2v) is 15.8. The highest BCUT2D eigenvalue weighted by Gasteiger charge is 2.58. The molecule has 266 valence electrons. The van der Waals surface area contributed by atoms with Crippen LogP contribution in [0.25, 0.3) is 0 Å². The van der Waals surface area contributed by atoms with E-state index in [9.17, 15) is 15.3 Å². The van der Waals surface area contributed by atoms with E-state index < -0.39 is 29.0 Å². The average molecular weight is 659 g/mol. The summed E-state index contributed by atoms with van der Waals surface area (Å²) in [4.78, 5) is 0. The first-order valence-electron chi connectivity index (χ1n) is 18.2. The van der Waals surface area contributed by atoms with Gasteiger partial charge in [-0.25, -0.2) is 0 Å². The van der Waals surface area contributed by atoms with Crippen LogP contribution in [0.5, 0.6) is 0 Å². The van der Waals surface area contributed by atoms with Crippen LogP contribution >= 0.6 is 0 Å². The topological polar surface area (TPSA) is 107 Å². The van der Waals surface area contributed by atoms with Gasteiger partial charge in [0.2, 0.25) is 0 Å². The van der Waals surface area contributed by atoms with Crippen LogP contribution in [0, 0.1) is 5.92 Å². The fraction of sp³-hybridized carbons (Fsp3) is 0.795. The average Bonchev–Trinajstić information content (AvgIpc) is 3.27. The lowest BCUT2D eigenvalue weighted by Gasteiger charge is -2.49. The van der Waals surface area contributed by atoms with Crippen molar-refractivity contribution in [2.45, 2.75) is 184 Å². The van der Waals surface area contributed by atoms with Gasteiger partial charge in [0.1, 0.15) is 6.10 Å². The first kappa shape index (κ1) is 36.9. The van der Waals surface area contributed by atoms with Crippen LogP contribution in [0.4, 0.5) is 0 Å². The molecule has 47 heavy (non-hydrogen) atoms. The first-order valence-corrected chi connectivity index (χ1v) is 18.2. The van der Waals surface area contributed by atoms with Gasteiger partial charge in [-0.1, -0.05) is 55.0 Å². The van der Waals surface area contributed by atoms with Gasteiger partial charge in [0, 0.05) is 12.8 Å². The second-order valence-electron chi connectivity index (χ2n) is 15.8. The molecule has 0 amide bonds. The molecule has 0 spiro atoms. The number of aliphatic hydroxyl groups is 3. The van der Waals surface area contributed by atoms with Crippen molar-refractivity contribution in [3.8, 4) is 0 Å². The van der Waals surface area contributed by atoms with Gasteiger partial charge < -0.3 is 39.0 Å². The molecule has 13 atom stereocenters. The fourth-order valence-corrected chi connectivity index (χ4v) is 8.70. The Labute approximate surface area is 283 Å². The van der Waals surface area contributed by atoms with Crippen LogP contribution in [0.2, 0.25) is 0 Å². The van der Waals surface area contributed by atoms with E-state index in [1.54, 1.807) is 6.08 Å². The number of hydrogen-bond acceptors (Lipinski definition) is 8. The van der Waals surface area contributed by atoms with E-state index in [1.807, 2.05) is 26.0 Å². The molecule has 5 saturated heterocycles. The predicted octanol–water partition coefficient (Wildman–Crippen LogP) is 6.27. The van der Waals surface area contributed by atoms with Crippen LogP contribution in [0.15, 0.2) is 48.1 Å². The third-order valence-electron chi connectivity index (χ3n) is 12.0. The molecule has 5 rings (SSSR count). The van der Waals surface area contributed by atoms with E-state index in [0.717, 1.165) is 56.9 Å². The van der Waals surface area contributed by atoms with Gasteiger partial charge in [-0.2, -0.15) is 0 Å². The van der Waals surface area contributed by atoms with Crippen molar-refractivity contribution in [2.24, 2.45) is 5.92 Å². The quantitative estimate of drug-likeness (QED) is 0.249. The molecule has 5 heterocycles. The molecule has 0 aliphatic carbocycles. The summed E-state index contributed by atoms with van der Waals surface area (Å²) >= 11 is 0. The molecule has 6 unspecified atom stereocenters. The van der Waals surface area contributed by atoms with Gasteiger partial charge in [0.25, 0.3) is 0 Å². The Hall–Kier alpha value is -1.36. The molecule has 5 aliphatic heterocycles. The Morgan fingerprint density at radius 1 is 0.851 bits per heavy atom. The van der Waals surface area contributed by atoms with Gasteiger partial charge in [-0.15, -0.1) is 0 Å². The monoisotopic (exact) mass is 658 g/mol. The van der Waals surface area contributed by atoms with E-state index in [-0.39, 0.29) is 49.3 Å². The van der Waals surface area contributed by atoms with Crippen molar-refractivity contribution >= 4 is 0 Å². The molecule has 0 aromatic rings. The standard InChI is InChI=1S/C39H62O8/c1-8-9-10-11-15-33-37(5,42)19-16-30-31(43-33)17-20-38(6)35(44-30)23-32-36(47-38)28(41)24-39(7)34(45-32)22-27(4)29(46-39)14-12-13-25(2)26(3)18-21-40/h8-10,13,18,27-36,40-42H,1,11-12,14-17,19-24H2,2-7H3/b10-9-,25-13+,26-18+/t27?,28?,29-,30?,31-,32?,33+,34?,35?,36-,37+,38+,39+/m0/s1. The maximum absolute atomic E-state index is 11.7. The summed E-state index contributed by atoms with van der Waals surface area (Å²) in [6.07, 6.45) is 15.7. The van der Waals surface area contributed by atoms with E-state index >= 15 is 0 Å². The fourth-order valence-electron chi connectivity index (χ4n) is 8.70. The van der Waals surface area contributed by atoms with Gasteiger partial charge in [-0.05, 0) is 98.3 Å². The van der Waals surface area contributed by atoms with Crippen molar-refractivity contribution in [3.05, 3.63) is 48.1 Å². The molecule has 3 N–H and O–H groups in total. The van der Waals surface area contributed by atoms with Crippen molar-refractivity contribution < 1.29 is 39.0 Å². The Balaban J connectivity index is 1.26. The minimum atomic E-state index is -0.922. The van der Waals surface area contributed by atoms with Gasteiger partial charge in [-0.3, -0.25) is 0 Å². The zero-order chi connectivity index (χ0) is 34.0. The summed E-state index contributed by atoms with van der Waals surface area (Å²) in [5.74, 6) is 0.311. The highest BCUT2D eigenvalue weighted by atomic mass is 16.6. The number of fused-ring (bicyclic) bond motifs is 4. The smallest absolute Gasteiger partial charge is 0.111 e. The van der Waals surface area contributed by atoms with Crippen LogP contribution < -0.4 is 0 Å². The van der Waals surface area contributed by atoms with Crippen molar-refractivity contribution in [1.29, 1.82) is 0 Å². The predicted molar refractivity (Wildman–Crippen MR) is 183 cm³/mol. The summed E-state index contributed by atoms with van der Waals surface area (Å²) in [5.41, 5.74) is 0.159. The van der Waals surface area contributed by atoms with Crippen LogP contribution in [0.3, 0.4) is 0 Å². The summed E-state index contributed by atoms with van der Waals surface area (Å²) in [6.45, 7) is 16.3. The molecule has 5 fully saturated rings. The lowest BCUT2D eigenvalue weighted by atomic mass is 9.79. The van der Waals surface area contributed by atoms with Gasteiger partial charge in [0.05, 0.1) is 72.2 Å². The number of hydrogen-bond donors (Lipinski definition) is 3. The van der Waals surface area contributed by atoms with Gasteiger partial charge in [0.15, 0.2) is 0 Å². The van der Waals surface area contributed by atoms with Crippen LogP contribution in [-0.4, -0.2) is 93.7 Å². The minimum Gasteiger partial charge on any atom is -0.392 e. The summed E-state index contributed by atoms with van der Waals surface area (Å²) in [6, 6.07) is 0. The van der Waals surface area contributed by atoms with Crippen LogP contribution in [-0.2, 0) is 23.7 Å². The summed E-state index contributed by atoms with van der Waals surface area (Å²) in [7, 11) is 0. The second kappa shape index (κ2) is 15.3. The summed E-state index contributed by atoms with van der Waals surface area (Å²) in [5, 5.41) is 32.3. The van der Waals surface area contributed by atoms with E-state index in [1.165, 1.54) is 5.57 Å². The highest BCUT2D eigenvalue weighted by molar-refractivity contribution is 5.26. The number of allylic oxidation sites excluding steroid dienone is 6. The molecule has 0 aromatic carbocycles. The van der Waals surface area contributed by atoms with Crippen molar-refractivity contribution in [3.63, 3.8) is 0 Å². The number of aliphatic hydroxyl groups excluding tert-OH is 2. The molecule has 8 nitrogen and oxygen atoms in total. The molecule has 0 radical (unpaired) electrons. The lowest BCUT2D eigenvalue weighted by Crippen LogP contribution is -2.59. The third kappa shape index (κ3) is 8.34. The zero-order valence-corrected chi connectivity index (χ0v) is 29.7. The van der Waals surface area contributed by atoms with Crippen molar-refractivity contribution in [1.82, 2.24) is 0 Å².